The quantitative estimate of drug-likeness (QED) is 0.844. The first kappa shape index (κ1) is 18.8. The lowest BCUT2D eigenvalue weighted by Crippen LogP contribution is -2.40. The molecule has 0 atom stereocenters. The maximum absolute atomic E-state index is 12.6. The summed E-state index contributed by atoms with van der Waals surface area (Å²) in [5, 5.41) is 3.40. The first-order chi connectivity index (χ1) is 12.5. The summed E-state index contributed by atoms with van der Waals surface area (Å²) in [6, 6.07) is 13.2. The van der Waals surface area contributed by atoms with Crippen molar-refractivity contribution in [3.05, 3.63) is 64.7 Å². The number of sulfonamides is 1. The van der Waals surface area contributed by atoms with E-state index >= 15 is 0 Å². The van der Waals surface area contributed by atoms with E-state index in [0.29, 0.717) is 43.4 Å². The second-order valence-corrected chi connectivity index (χ2v) is 8.23. The van der Waals surface area contributed by atoms with Crippen molar-refractivity contribution in [3.63, 3.8) is 0 Å². The average molecular weight is 395 g/mol. The van der Waals surface area contributed by atoms with Gasteiger partial charge in [-0.05, 0) is 42.0 Å². The first-order valence-electron chi connectivity index (χ1n) is 8.17. The van der Waals surface area contributed by atoms with Gasteiger partial charge in [0.15, 0.2) is 0 Å². The Morgan fingerprint density at radius 2 is 1.81 bits per heavy atom. The summed E-state index contributed by atoms with van der Waals surface area (Å²) in [7, 11) is -3.56. The van der Waals surface area contributed by atoms with Gasteiger partial charge >= 0.3 is 0 Å². The van der Waals surface area contributed by atoms with Crippen LogP contribution in [0.1, 0.15) is 15.9 Å². The number of amides is 1. The molecule has 3 rings (SSSR count). The van der Waals surface area contributed by atoms with Crippen LogP contribution in [-0.4, -0.2) is 44.9 Å². The summed E-state index contributed by atoms with van der Waals surface area (Å²) in [5.74, 6) is -0.278. The molecule has 1 aliphatic heterocycles. The fourth-order valence-electron chi connectivity index (χ4n) is 2.65. The molecule has 1 saturated heterocycles. The van der Waals surface area contributed by atoms with Crippen LogP contribution in [-0.2, 0) is 21.3 Å². The Bertz CT molecular complexity index is 878. The molecule has 26 heavy (non-hydrogen) atoms. The third-order valence-electron chi connectivity index (χ3n) is 4.07. The fraction of sp³-hybridized carbons (Fsp3) is 0.278. The van der Waals surface area contributed by atoms with Crippen LogP contribution in [0.15, 0.2) is 53.4 Å². The number of morpholine rings is 1. The predicted octanol–water partition coefficient (Wildman–Crippen LogP) is 2.29. The standard InChI is InChI=1S/C18H19ClN2O4S/c19-16-3-1-2-14(12-16)13-20-18(22)15-4-6-17(7-5-15)26(23,24)21-8-10-25-11-9-21/h1-7,12H,8-11,13H2,(H,20,22). The Hall–Kier alpha value is -1.93. The van der Waals surface area contributed by atoms with Crippen LogP contribution >= 0.6 is 11.6 Å². The smallest absolute Gasteiger partial charge is 0.251 e. The van der Waals surface area contributed by atoms with Crippen LogP contribution in [0.25, 0.3) is 0 Å². The molecule has 0 bridgehead atoms. The molecule has 0 unspecified atom stereocenters. The highest BCUT2D eigenvalue weighted by molar-refractivity contribution is 7.89. The van der Waals surface area contributed by atoms with Crippen molar-refractivity contribution in [1.82, 2.24) is 9.62 Å². The van der Waals surface area contributed by atoms with Crippen molar-refractivity contribution in [1.29, 1.82) is 0 Å². The minimum atomic E-state index is -3.56. The maximum atomic E-state index is 12.6. The summed E-state index contributed by atoms with van der Waals surface area (Å²) in [6.07, 6.45) is 0. The van der Waals surface area contributed by atoms with Gasteiger partial charge in [0.05, 0.1) is 18.1 Å². The maximum Gasteiger partial charge on any atom is 0.251 e. The Morgan fingerprint density at radius 1 is 1.12 bits per heavy atom. The van der Waals surface area contributed by atoms with Gasteiger partial charge in [0, 0.05) is 30.2 Å². The lowest BCUT2D eigenvalue weighted by molar-refractivity contribution is 0.0730. The molecule has 1 amide bonds. The third-order valence-corrected chi connectivity index (χ3v) is 6.21. The van der Waals surface area contributed by atoms with Crippen LogP contribution in [0.5, 0.6) is 0 Å². The van der Waals surface area contributed by atoms with Crippen LogP contribution in [0.2, 0.25) is 5.02 Å². The molecule has 1 N–H and O–H groups in total. The van der Waals surface area contributed by atoms with E-state index in [-0.39, 0.29) is 10.8 Å². The van der Waals surface area contributed by atoms with Crippen molar-refractivity contribution in [2.24, 2.45) is 0 Å². The Labute approximate surface area is 157 Å². The minimum absolute atomic E-state index is 0.172. The van der Waals surface area contributed by atoms with Crippen LogP contribution in [0, 0.1) is 0 Å². The highest BCUT2D eigenvalue weighted by Crippen LogP contribution is 2.18. The topological polar surface area (TPSA) is 75.7 Å². The largest absolute Gasteiger partial charge is 0.379 e. The summed E-state index contributed by atoms with van der Waals surface area (Å²) in [5.41, 5.74) is 1.28. The van der Waals surface area contributed by atoms with E-state index in [1.807, 2.05) is 12.1 Å². The zero-order valence-electron chi connectivity index (χ0n) is 14.0. The lowest BCUT2D eigenvalue weighted by atomic mass is 10.2. The zero-order valence-corrected chi connectivity index (χ0v) is 15.6. The monoisotopic (exact) mass is 394 g/mol. The summed E-state index contributed by atoms with van der Waals surface area (Å²) < 4.78 is 31.7. The average Bonchev–Trinajstić information content (AvgIpc) is 2.67. The zero-order chi connectivity index (χ0) is 18.6. The van der Waals surface area contributed by atoms with Gasteiger partial charge in [-0.3, -0.25) is 4.79 Å². The minimum Gasteiger partial charge on any atom is -0.379 e. The number of nitrogens with one attached hydrogen (secondary N) is 1. The van der Waals surface area contributed by atoms with Gasteiger partial charge in [-0.15, -0.1) is 0 Å². The van der Waals surface area contributed by atoms with E-state index in [9.17, 15) is 13.2 Å². The molecule has 0 aliphatic carbocycles. The van der Waals surface area contributed by atoms with Gasteiger partial charge in [0.25, 0.3) is 5.91 Å². The molecule has 2 aromatic rings. The Kier molecular flexibility index (Phi) is 5.93. The molecule has 2 aromatic carbocycles. The van der Waals surface area contributed by atoms with Crippen molar-refractivity contribution >= 4 is 27.5 Å². The SMILES string of the molecule is O=C(NCc1cccc(Cl)c1)c1ccc(S(=O)(=O)N2CCOCC2)cc1. The van der Waals surface area contributed by atoms with Gasteiger partial charge in [-0.1, -0.05) is 23.7 Å². The Morgan fingerprint density at radius 3 is 2.46 bits per heavy atom. The van der Waals surface area contributed by atoms with Gasteiger partial charge in [0.1, 0.15) is 0 Å². The second-order valence-electron chi connectivity index (χ2n) is 5.85. The highest BCUT2D eigenvalue weighted by Gasteiger charge is 2.26. The predicted molar refractivity (Wildman–Crippen MR) is 98.6 cm³/mol. The molecule has 0 saturated carbocycles. The van der Waals surface area contributed by atoms with E-state index in [1.165, 1.54) is 28.6 Å². The Balaban J connectivity index is 1.65. The molecule has 0 aromatic heterocycles. The van der Waals surface area contributed by atoms with Gasteiger partial charge < -0.3 is 10.1 Å². The number of hydrogen-bond acceptors (Lipinski definition) is 4. The van der Waals surface area contributed by atoms with E-state index < -0.39 is 10.0 Å². The normalized spacial score (nSPS) is 15.6. The van der Waals surface area contributed by atoms with Crippen LogP contribution < -0.4 is 5.32 Å². The van der Waals surface area contributed by atoms with E-state index in [0.717, 1.165) is 5.56 Å². The van der Waals surface area contributed by atoms with Gasteiger partial charge in [-0.2, -0.15) is 4.31 Å². The van der Waals surface area contributed by atoms with E-state index in [1.54, 1.807) is 12.1 Å². The van der Waals surface area contributed by atoms with Crippen molar-refractivity contribution in [2.45, 2.75) is 11.4 Å². The molecule has 6 nitrogen and oxygen atoms in total. The number of carbonyl (C=O) groups excluding carboxylic acids is 1. The molecular formula is C18H19ClN2O4S. The molecule has 138 valence electrons. The number of benzene rings is 2. The third kappa shape index (κ3) is 4.42. The highest BCUT2D eigenvalue weighted by atomic mass is 35.5. The molecule has 1 fully saturated rings. The molecule has 0 spiro atoms. The second kappa shape index (κ2) is 8.18. The fourth-order valence-corrected chi connectivity index (χ4v) is 4.27. The number of rotatable bonds is 5. The molecular weight excluding hydrogens is 376 g/mol. The number of carbonyl (C=O) groups is 1. The summed E-state index contributed by atoms with van der Waals surface area (Å²) >= 11 is 5.92. The van der Waals surface area contributed by atoms with Crippen molar-refractivity contribution < 1.29 is 17.9 Å². The molecule has 1 aliphatic rings. The van der Waals surface area contributed by atoms with Crippen LogP contribution in [0.3, 0.4) is 0 Å². The van der Waals surface area contributed by atoms with Crippen molar-refractivity contribution in [2.75, 3.05) is 26.3 Å². The summed E-state index contributed by atoms with van der Waals surface area (Å²) in [4.78, 5) is 12.4. The first-order valence-corrected chi connectivity index (χ1v) is 9.99. The molecule has 8 heteroatoms. The number of ether oxygens (including phenoxy) is 1. The van der Waals surface area contributed by atoms with Crippen LogP contribution in [0.4, 0.5) is 0 Å². The van der Waals surface area contributed by atoms with Gasteiger partial charge in [0.2, 0.25) is 10.0 Å². The van der Waals surface area contributed by atoms with Crippen molar-refractivity contribution in [3.8, 4) is 0 Å². The summed E-state index contributed by atoms with van der Waals surface area (Å²) in [6.45, 7) is 1.80. The molecule has 1 heterocycles. The number of halogens is 1. The number of hydrogen-bond donors (Lipinski definition) is 1. The van der Waals surface area contributed by atoms with Gasteiger partial charge in [-0.25, -0.2) is 8.42 Å². The van der Waals surface area contributed by atoms with E-state index in [2.05, 4.69) is 5.32 Å². The molecule has 0 radical (unpaired) electrons. The lowest BCUT2D eigenvalue weighted by Gasteiger charge is -2.26. The van der Waals surface area contributed by atoms with E-state index in [4.69, 9.17) is 16.3 Å². The number of nitrogens with zero attached hydrogens (tertiary/aromatic N) is 1.